The molecule has 0 radical (unpaired) electrons. The van der Waals surface area contributed by atoms with E-state index in [2.05, 4.69) is 42.5 Å². The maximum absolute atomic E-state index is 6.07. The Hall–Kier alpha value is -1.97. The highest BCUT2D eigenvalue weighted by Gasteiger charge is 2.22. The Balaban J connectivity index is 1.94. The highest BCUT2D eigenvalue weighted by atomic mass is 15.3. The van der Waals surface area contributed by atoms with E-state index < -0.39 is 0 Å². The first-order valence-corrected chi connectivity index (χ1v) is 7.23. The van der Waals surface area contributed by atoms with Crippen molar-refractivity contribution in [1.82, 2.24) is 9.55 Å². The molecule has 2 aromatic rings. The van der Waals surface area contributed by atoms with Gasteiger partial charge >= 0.3 is 0 Å². The average Bonchev–Trinajstić information content (AvgIpc) is 2.81. The van der Waals surface area contributed by atoms with Crippen LogP contribution in [0.2, 0.25) is 0 Å². The first kappa shape index (κ1) is 13.0. The molecule has 106 valence electrons. The first-order valence-electron chi connectivity index (χ1n) is 7.23. The molecule has 0 amide bonds. The molecule has 1 aromatic carbocycles. The molecule has 0 unspecified atom stereocenters. The number of nitrogen functional groups attached to an aromatic ring is 1. The predicted octanol–water partition coefficient (Wildman–Crippen LogP) is 2.92. The van der Waals surface area contributed by atoms with Crippen LogP contribution in [0.3, 0.4) is 0 Å². The van der Waals surface area contributed by atoms with Crippen molar-refractivity contribution in [2.45, 2.75) is 39.8 Å². The third-order valence-corrected chi connectivity index (χ3v) is 3.97. The summed E-state index contributed by atoms with van der Waals surface area (Å²) in [7, 11) is 0. The minimum absolute atomic E-state index is 0.424. The highest BCUT2D eigenvalue weighted by molar-refractivity contribution is 5.54. The molecule has 3 rings (SSSR count). The number of aryl methyl sites for hydroxylation is 1. The fourth-order valence-corrected chi connectivity index (χ4v) is 2.93. The number of imidazole rings is 1. The van der Waals surface area contributed by atoms with Crippen LogP contribution < -0.4 is 10.6 Å². The summed E-state index contributed by atoms with van der Waals surface area (Å²) in [4.78, 5) is 7.06. The van der Waals surface area contributed by atoms with Crippen molar-refractivity contribution in [1.29, 1.82) is 0 Å². The van der Waals surface area contributed by atoms with Crippen molar-refractivity contribution in [2.24, 2.45) is 0 Å². The van der Waals surface area contributed by atoms with Gasteiger partial charge in [0, 0.05) is 31.0 Å². The van der Waals surface area contributed by atoms with Crippen LogP contribution in [0.5, 0.6) is 0 Å². The number of fused-ring (bicyclic) bond motifs is 1. The lowest BCUT2D eigenvalue weighted by atomic mass is 9.98. The van der Waals surface area contributed by atoms with Crippen LogP contribution in [0.15, 0.2) is 24.4 Å². The second kappa shape index (κ2) is 4.85. The number of nitrogens with zero attached hydrogens (tertiary/aromatic N) is 3. The fraction of sp³-hybridized carbons (Fsp3) is 0.438. The smallest absolute Gasteiger partial charge is 0.206 e. The number of aromatic nitrogens is 2. The minimum atomic E-state index is 0.424. The van der Waals surface area contributed by atoms with Gasteiger partial charge in [0.2, 0.25) is 5.95 Å². The largest absolute Gasteiger partial charge is 0.398 e. The lowest BCUT2D eigenvalue weighted by Gasteiger charge is -2.31. The molecular weight excluding hydrogens is 248 g/mol. The Morgan fingerprint density at radius 2 is 2.10 bits per heavy atom. The number of rotatable bonds is 2. The monoisotopic (exact) mass is 270 g/mol. The molecule has 1 aromatic heterocycles. The van der Waals surface area contributed by atoms with Gasteiger partial charge in [-0.15, -0.1) is 0 Å². The van der Waals surface area contributed by atoms with Crippen LogP contribution >= 0.6 is 0 Å². The Morgan fingerprint density at radius 3 is 2.85 bits per heavy atom. The number of benzene rings is 1. The zero-order chi connectivity index (χ0) is 14.3. The van der Waals surface area contributed by atoms with Crippen molar-refractivity contribution in [3.8, 4) is 0 Å². The van der Waals surface area contributed by atoms with E-state index in [4.69, 9.17) is 10.7 Å². The molecule has 20 heavy (non-hydrogen) atoms. The van der Waals surface area contributed by atoms with Gasteiger partial charge in [0.1, 0.15) is 0 Å². The SMILES string of the molecule is Cc1cn(C(C)C)c(N2CCc3c(N)cccc3C2)n1. The van der Waals surface area contributed by atoms with Crippen molar-refractivity contribution < 1.29 is 0 Å². The minimum Gasteiger partial charge on any atom is -0.398 e. The van der Waals surface area contributed by atoms with Gasteiger partial charge in [0.25, 0.3) is 0 Å². The molecule has 0 spiro atoms. The second-order valence-corrected chi connectivity index (χ2v) is 5.84. The van der Waals surface area contributed by atoms with Crippen molar-refractivity contribution >= 4 is 11.6 Å². The number of anilines is 2. The van der Waals surface area contributed by atoms with E-state index >= 15 is 0 Å². The summed E-state index contributed by atoms with van der Waals surface area (Å²) in [6, 6.07) is 6.63. The van der Waals surface area contributed by atoms with Gasteiger partial charge in [-0.25, -0.2) is 4.98 Å². The summed E-state index contributed by atoms with van der Waals surface area (Å²) in [5.74, 6) is 1.07. The van der Waals surface area contributed by atoms with E-state index in [9.17, 15) is 0 Å². The zero-order valence-electron chi connectivity index (χ0n) is 12.4. The molecule has 0 atom stereocenters. The average molecular weight is 270 g/mol. The molecule has 4 heteroatoms. The van der Waals surface area contributed by atoms with Gasteiger partial charge < -0.3 is 15.2 Å². The van der Waals surface area contributed by atoms with Crippen LogP contribution in [-0.2, 0) is 13.0 Å². The number of hydrogen-bond acceptors (Lipinski definition) is 3. The van der Waals surface area contributed by atoms with Gasteiger partial charge in [-0.1, -0.05) is 12.1 Å². The quantitative estimate of drug-likeness (QED) is 0.854. The van der Waals surface area contributed by atoms with E-state index in [-0.39, 0.29) is 0 Å². The van der Waals surface area contributed by atoms with Gasteiger partial charge in [-0.3, -0.25) is 0 Å². The predicted molar refractivity (Wildman–Crippen MR) is 83.0 cm³/mol. The van der Waals surface area contributed by atoms with E-state index in [1.165, 1.54) is 11.1 Å². The van der Waals surface area contributed by atoms with Crippen LogP contribution in [-0.4, -0.2) is 16.1 Å². The molecule has 0 fully saturated rings. The van der Waals surface area contributed by atoms with E-state index in [0.29, 0.717) is 6.04 Å². The third kappa shape index (κ3) is 2.15. The first-order chi connectivity index (χ1) is 9.56. The van der Waals surface area contributed by atoms with Gasteiger partial charge in [0.05, 0.1) is 5.69 Å². The fourth-order valence-electron chi connectivity index (χ4n) is 2.93. The second-order valence-electron chi connectivity index (χ2n) is 5.84. The maximum atomic E-state index is 6.07. The molecule has 0 saturated heterocycles. The van der Waals surface area contributed by atoms with Crippen LogP contribution in [0, 0.1) is 6.92 Å². The summed E-state index contributed by atoms with van der Waals surface area (Å²) in [6.07, 6.45) is 3.13. The third-order valence-electron chi connectivity index (χ3n) is 3.97. The molecule has 0 bridgehead atoms. The van der Waals surface area contributed by atoms with Gasteiger partial charge in [-0.2, -0.15) is 0 Å². The van der Waals surface area contributed by atoms with E-state index in [1.54, 1.807) is 0 Å². The highest BCUT2D eigenvalue weighted by Crippen LogP contribution is 2.28. The van der Waals surface area contributed by atoms with Crippen LogP contribution in [0.4, 0.5) is 11.6 Å². The molecule has 0 aliphatic carbocycles. The molecule has 1 aliphatic heterocycles. The topological polar surface area (TPSA) is 47.1 Å². The zero-order valence-corrected chi connectivity index (χ0v) is 12.4. The van der Waals surface area contributed by atoms with Crippen molar-refractivity contribution in [2.75, 3.05) is 17.2 Å². The van der Waals surface area contributed by atoms with Gasteiger partial charge in [0.15, 0.2) is 0 Å². The summed E-state index contributed by atoms with van der Waals surface area (Å²) in [5.41, 5.74) is 10.7. The Kier molecular flexibility index (Phi) is 3.16. The lowest BCUT2D eigenvalue weighted by molar-refractivity contribution is 0.576. The Morgan fingerprint density at radius 1 is 1.30 bits per heavy atom. The molecule has 1 aliphatic rings. The van der Waals surface area contributed by atoms with E-state index in [0.717, 1.165) is 36.8 Å². The summed E-state index contributed by atoms with van der Waals surface area (Å²) in [6.45, 7) is 8.31. The molecule has 0 saturated carbocycles. The van der Waals surface area contributed by atoms with Crippen LogP contribution in [0.1, 0.15) is 36.7 Å². The Bertz CT molecular complexity index is 627. The summed E-state index contributed by atoms with van der Waals surface area (Å²) < 4.78 is 2.26. The van der Waals surface area contributed by atoms with Crippen LogP contribution in [0.25, 0.3) is 0 Å². The number of nitrogens with two attached hydrogens (primary N) is 1. The van der Waals surface area contributed by atoms with E-state index in [1.807, 2.05) is 12.1 Å². The standard InChI is InChI=1S/C16H22N4/c1-11(2)20-9-12(3)18-16(20)19-8-7-14-13(10-19)5-4-6-15(14)17/h4-6,9,11H,7-8,10,17H2,1-3H3. The van der Waals surface area contributed by atoms with Crippen molar-refractivity contribution in [3.63, 3.8) is 0 Å². The summed E-state index contributed by atoms with van der Waals surface area (Å²) in [5, 5.41) is 0. The molecule has 4 nitrogen and oxygen atoms in total. The lowest BCUT2D eigenvalue weighted by Crippen LogP contribution is -2.33. The number of hydrogen-bond donors (Lipinski definition) is 1. The molecular formula is C16H22N4. The molecule has 2 N–H and O–H groups in total. The maximum Gasteiger partial charge on any atom is 0.206 e. The molecule has 2 heterocycles. The van der Waals surface area contributed by atoms with Crippen molar-refractivity contribution in [3.05, 3.63) is 41.2 Å². The Labute approximate surface area is 120 Å². The summed E-state index contributed by atoms with van der Waals surface area (Å²) >= 11 is 0. The van der Waals surface area contributed by atoms with Gasteiger partial charge in [-0.05, 0) is 44.4 Å². The normalized spacial score (nSPS) is 14.7.